The van der Waals surface area contributed by atoms with E-state index in [0.717, 1.165) is 19.3 Å². The minimum absolute atomic E-state index is 0.348. The summed E-state index contributed by atoms with van der Waals surface area (Å²) in [6.07, 6.45) is 4.00. The second-order valence-corrected chi connectivity index (χ2v) is 3.90. The number of hydrogen-bond acceptors (Lipinski definition) is 1. The van der Waals surface area contributed by atoms with Crippen LogP contribution in [0.25, 0.3) is 0 Å². The van der Waals surface area contributed by atoms with Gasteiger partial charge in [-0.2, -0.15) is 0 Å². The highest BCUT2D eigenvalue weighted by Crippen LogP contribution is 2.31. The fourth-order valence-electron chi connectivity index (χ4n) is 1.93. The quantitative estimate of drug-likeness (QED) is 0.576. The summed E-state index contributed by atoms with van der Waals surface area (Å²) in [5, 5.41) is 0. The zero-order valence-electron chi connectivity index (χ0n) is 8.10. The second-order valence-electron chi connectivity index (χ2n) is 3.90. The van der Waals surface area contributed by atoms with Gasteiger partial charge in [0.1, 0.15) is 5.78 Å². The molecule has 0 aromatic rings. The van der Waals surface area contributed by atoms with E-state index in [1.165, 1.54) is 12.0 Å². The van der Waals surface area contributed by atoms with Crippen molar-refractivity contribution in [2.24, 2.45) is 11.8 Å². The molecule has 1 aliphatic rings. The fourth-order valence-corrected chi connectivity index (χ4v) is 1.93. The summed E-state index contributed by atoms with van der Waals surface area (Å²) in [6.45, 7) is 8.04. The Morgan fingerprint density at radius 1 is 1.58 bits per heavy atom. The molecule has 1 heteroatoms. The van der Waals surface area contributed by atoms with E-state index in [1.807, 2.05) is 6.92 Å². The third-order valence-electron chi connectivity index (χ3n) is 2.96. The number of hydrogen-bond donors (Lipinski definition) is 0. The molecule has 1 rings (SSSR count). The minimum Gasteiger partial charge on any atom is -0.299 e. The summed E-state index contributed by atoms with van der Waals surface area (Å²) < 4.78 is 0. The van der Waals surface area contributed by atoms with E-state index in [0.29, 0.717) is 17.6 Å². The summed E-state index contributed by atoms with van der Waals surface area (Å²) in [4.78, 5) is 11.5. The van der Waals surface area contributed by atoms with Crippen molar-refractivity contribution < 1.29 is 4.79 Å². The summed E-state index contributed by atoms with van der Waals surface area (Å²) in [5.74, 6) is 1.28. The molecule has 0 spiro atoms. The van der Waals surface area contributed by atoms with Crippen LogP contribution >= 0.6 is 0 Å². The zero-order valence-corrected chi connectivity index (χ0v) is 8.10. The van der Waals surface area contributed by atoms with Crippen molar-refractivity contribution in [2.75, 3.05) is 0 Å². The van der Waals surface area contributed by atoms with Crippen LogP contribution in [0.15, 0.2) is 12.2 Å². The molecule has 1 saturated carbocycles. The first kappa shape index (κ1) is 9.50. The predicted molar refractivity (Wildman–Crippen MR) is 50.9 cm³/mol. The standard InChI is InChI=1S/C11H18O/c1-4-9-5-6-10(8(2)3)7-11(9)12/h9-10H,2,4-7H2,1,3H3. The number of Topliss-reactive ketones (excluding diaryl/α,β-unsaturated/α-hetero) is 1. The number of carbonyl (C=O) groups is 1. The lowest BCUT2D eigenvalue weighted by atomic mass is 9.77. The summed E-state index contributed by atoms with van der Waals surface area (Å²) in [6, 6.07) is 0. The zero-order chi connectivity index (χ0) is 9.14. The molecule has 0 heterocycles. The number of ketones is 1. The first-order valence-corrected chi connectivity index (χ1v) is 4.83. The Kier molecular flexibility index (Phi) is 3.07. The SMILES string of the molecule is C=C(C)C1CCC(CC)C(=O)C1. The molecular weight excluding hydrogens is 148 g/mol. The Morgan fingerprint density at radius 2 is 2.25 bits per heavy atom. The largest absolute Gasteiger partial charge is 0.299 e. The van der Waals surface area contributed by atoms with Gasteiger partial charge in [-0.05, 0) is 32.1 Å². The van der Waals surface area contributed by atoms with Gasteiger partial charge in [0, 0.05) is 12.3 Å². The van der Waals surface area contributed by atoms with E-state index in [9.17, 15) is 4.79 Å². The van der Waals surface area contributed by atoms with Gasteiger partial charge in [-0.1, -0.05) is 19.1 Å². The van der Waals surface area contributed by atoms with Crippen molar-refractivity contribution in [3.63, 3.8) is 0 Å². The topological polar surface area (TPSA) is 17.1 Å². The van der Waals surface area contributed by atoms with Crippen molar-refractivity contribution in [3.05, 3.63) is 12.2 Å². The minimum atomic E-state index is 0.348. The molecule has 0 aliphatic heterocycles. The molecule has 1 fully saturated rings. The van der Waals surface area contributed by atoms with E-state index >= 15 is 0 Å². The summed E-state index contributed by atoms with van der Waals surface area (Å²) in [7, 11) is 0. The molecule has 0 radical (unpaired) electrons. The average Bonchev–Trinajstić information content (AvgIpc) is 2.04. The maximum Gasteiger partial charge on any atom is 0.136 e. The average molecular weight is 166 g/mol. The van der Waals surface area contributed by atoms with Crippen LogP contribution in [-0.4, -0.2) is 5.78 Å². The van der Waals surface area contributed by atoms with Gasteiger partial charge in [-0.3, -0.25) is 4.79 Å². The van der Waals surface area contributed by atoms with E-state index in [1.54, 1.807) is 0 Å². The van der Waals surface area contributed by atoms with Crippen LogP contribution in [0.3, 0.4) is 0 Å². The van der Waals surface area contributed by atoms with Gasteiger partial charge in [0.15, 0.2) is 0 Å². The van der Waals surface area contributed by atoms with E-state index in [2.05, 4.69) is 13.5 Å². The fraction of sp³-hybridized carbons (Fsp3) is 0.727. The molecule has 1 aliphatic carbocycles. The van der Waals surface area contributed by atoms with Crippen molar-refractivity contribution in [1.29, 1.82) is 0 Å². The second kappa shape index (κ2) is 3.88. The van der Waals surface area contributed by atoms with Crippen LogP contribution in [0.2, 0.25) is 0 Å². The molecule has 0 aromatic carbocycles. The van der Waals surface area contributed by atoms with Crippen LogP contribution in [-0.2, 0) is 4.79 Å². The van der Waals surface area contributed by atoms with Gasteiger partial charge in [0.25, 0.3) is 0 Å². The van der Waals surface area contributed by atoms with Crippen LogP contribution in [0.4, 0.5) is 0 Å². The third-order valence-corrected chi connectivity index (χ3v) is 2.96. The highest BCUT2D eigenvalue weighted by atomic mass is 16.1. The van der Waals surface area contributed by atoms with Crippen molar-refractivity contribution >= 4 is 5.78 Å². The Labute approximate surface area is 74.9 Å². The molecule has 68 valence electrons. The molecule has 1 nitrogen and oxygen atoms in total. The van der Waals surface area contributed by atoms with Gasteiger partial charge in [-0.25, -0.2) is 0 Å². The first-order chi connectivity index (χ1) is 5.65. The van der Waals surface area contributed by atoms with E-state index < -0.39 is 0 Å². The van der Waals surface area contributed by atoms with Crippen molar-refractivity contribution in [1.82, 2.24) is 0 Å². The van der Waals surface area contributed by atoms with E-state index in [-0.39, 0.29) is 0 Å². The number of carbonyl (C=O) groups excluding carboxylic acids is 1. The predicted octanol–water partition coefficient (Wildman–Crippen LogP) is 2.96. The Hall–Kier alpha value is -0.590. The molecule has 0 N–H and O–H groups in total. The lowest BCUT2D eigenvalue weighted by Crippen LogP contribution is -2.24. The molecule has 2 unspecified atom stereocenters. The van der Waals surface area contributed by atoms with Gasteiger partial charge in [-0.15, -0.1) is 0 Å². The highest BCUT2D eigenvalue weighted by molar-refractivity contribution is 5.82. The van der Waals surface area contributed by atoms with Crippen LogP contribution in [0.1, 0.15) is 39.5 Å². The van der Waals surface area contributed by atoms with Crippen molar-refractivity contribution in [3.8, 4) is 0 Å². The van der Waals surface area contributed by atoms with Crippen LogP contribution in [0, 0.1) is 11.8 Å². The lowest BCUT2D eigenvalue weighted by Gasteiger charge is -2.26. The Morgan fingerprint density at radius 3 is 2.67 bits per heavy atom. The highest BCUT2D eigenvalue weighted by Gasteiger charge is 2.27. The number of rotatable bonds is 2. The third kappa shape index (κ3) is 1.96. The molecule has 12 heavy (non-hydrogen) atoms. The monoisotopic (exact) mass is 166 g/mol. The smallest absolute Gasteiger partial charge is 0.136 e. The lowest BCUT2D eigenvalue weighted by molar-refractivity contribution is -0.125. The van der Waals surface area contributed by atoms with Gasteiger partial charge < -0.3 is 0 Å². The molecule has 0 bridgehead atoms. The van der Waals surface area contributed by atoms with Crippen molar-refractivity contribution in [2.45, 2.75) is 39.5 Å². The summed E-state index contributed by atoms with van der Waals surface area (Å²) >= 11 is 0. The Bertz CT molecular complexity index is 193. The van der Waals surface area contributed by atoms with E-state index in [4.69, 9.17) is 0 Å². The molecular formula is C11H18O. The Balaban J connectivity index is 2.52. The summed E-state index contributed by atoms with van der Waals surface area (Å²) in [5.41, 5.74) is 1.18. The first-order valence-electron chi connectivity index (χ1n) is 4.83. The maximum absolute atomic E-state index is 11.5. The van der Waals surface area contributed by atoms with Gasteiger partial charge in [0.05, 0.1) is 0 Å². The number of allylic oxidation sites excluding steroid dienone is 1. The molecule has 2 atom stereocenters. The van der Waals surface area contributed by atoms with Crippen LogP contribution < -0.4 is 0 Å². The van der Waals surface area contributed by atoms with Crippen LogP contribution in [0.5, 0.6) is 0 Å². The maximum atomic E-state index is 11.5. The van der Waals surface area contributed by atoms with Gasteiger partial charge in [0.2, 0.25) is 0 Å². The molecule has 0 amide bonds. The normalized spacial score (nSPS) is 30.3. The molecule has 0 saturated heterocycles. The molecule has 0 aromatic heterocycles. The van der Waals surface area contributed by atoms with Gasteiger partial charge >= 0.3 is 0 Å².